The van der Waals surface area contributed by atoms with Crippen LogP contribution in [0.5, 0.6) is 0 Å². The Morgan fingerprint density at radius 3 is 2.12 bits per heavy atom. The number of benzene rings is 1. The monoisotopic (exact) mass is 355 g/mol. The number of pyridine rings is 1. The topological polar surface area (TPSA) is 65.4 Å². The third-order valence-corrected chi connectivity index (χ3v) is 4.31. The normalized spacial score (nSPS) is 11.3. The van der Waals surface area contributed by atoms with Gasteiger partial charge in [-0.05, 0) is 49.9 Å². The highest BCUT2D eigenvalue weighted by atomic mass is 16.5. The minimum Gasteiger partial charge on any atom is -0.462 e. The number of rotatable bonds is 4. The van der Waals surface area contributed by atoms with Gasteiger partial charge in [0.1, 0.15) is 5.56 Å². The van der Waals surface area contributed by atoms with Crippen molar-refractivity contribution in [3.8, 4) is 5.69 Å². The van der Waals surface area contributed by atoms with Crippen LogP contribution in [0.2, 0.25) is 0 Å². The first-order valence-electron chi connectivity index (χ1n) is 8.63. The van der Waals surface area contributed by atoms with Crippen LogP contribution in [-0.4, -0.2) is 22.9 Å². The van der Waals surface area contributed by atoms with Gasteiger partial charge in [-0.25, -0.2) is 4.79 Å². The average molecular weight is 355 g/mol. The van der Waals surface area contributed by atoms with E-state index < -0.39 is 11.5 Å². The lowest BCUT2D eigenvalue weighted by molar-refractivity contribution is 0.0524. The second-order valence-corrected chi connectivity index (χ2v) is 7.27. The Balaban J connectivity index is 2.73. The summed E-state index contributed by atoms with van der Waals surface area (Å²) in [6.45, 7) is 11.3. The quantitative estimate of drug-likeness (QED) is 0.618. The maximum Gasteiger partial charge on any atom is 0.343 e. The summed E-state index contributed by atoms with van der Waals surface area (Å²) < 4.78 is 6.37. The van der Waals surface area contributed by atoms with Crippen LogP contribution >= 0.6 is 0 Å². The Hall–Kier alpha value is -2.69. The number of carbonyl (C=O) groups excluding carboxylic acids is 2. The van der Waals surface area contributed by atoms with Crippen molar-refractivity contribution in [2.75, 3.05) is 6.61 Å². The maximum absolute atomic E-state index is 12.9. The van der Waals surface area contributed by atoms with E-state index in [1.54, 1.807) is 13.8 Å². The van der Waals surface area contributed by atoms with Gasteiger partial charge in [-0.2, -0.15) is 0 Å². The molecule has 0 aliphatic carbocycles. The molecule has 0 fully saturated rings. The number of hydrogen-bond acceptors (Lipinski definition) is 4. The number of hydrogen-bond donors (Lipinski definition) is 0. The number of esters is 1. The largest absolute Gasteiger partial charge is 0.462 e. The van der Waals surface area contributed by atoms with Gasteiger partial charge in [-0.3, -0.25) is 14.2 Å². The predicted molar refractivity (Wildman–Crippen MR) is 101 cm³/mol. The van der Waals surface area contributed by atoms with E-state index in [2.05, 4.69) is 20.8 Å². The first-order chi connectivity index (χ1) is 12.1. The van der Waals surface area contributed by atoms with Crippen LogP contribution in [-0.2, 0) is 10.2 Å². The second-order valence-electron chi connectivity index (χ2n) is 7.27. The van der Waals surface area contributed by atoms with E-state index in [0.717, 1.165) is 5.56 Å². The molecule has 0 aliphatic heterocycles. The lowest BCUT2D eigenvalue weighted by Gasteiger charge is -2.20. The summed E-state index contributed by atoms with van der Waals surface area (Å²) in [6, 6.07) is 8.89. The maximum atomic E-state index is 12.9. The van der Waals surface area contributed by atoms with Crippen LogP contribution in [0.15, 0.2) is 35.1 Å². The smallest absolute Gasteiger partial charge is 0.343 e. The molecule has 5 heteroatoms. The van der Waals surface area contributed by atoms with E-state index in [1.807, 2.05) is 24.3 Å². The second kappa shape index (κ2) is 7.28. The Morgan fingerprint density at radius 1 is 1.08 bits per heavy atom. The molecule has 2 aromatic rings. The summed E-state index contributed by atoms with van der Waals surface area (Å²) in [5, 5.41) is 0. The highest BCUT2D eigenvalue weighted by molar-refractivity contribution is 5.98. The van der Waals surface area contributed by atoms with E-state index in [0.29, 0.717) is 16.9 Å². The molecule has 5 nitrogen and oxygen atoms in total. The van der Waals surface area contributed by atoms with Crippen molar-refractivity contribution in [2.24, 2.45) is 0 Å². The molecule has 0 amide bonds. The average Bonchev–Trinajstić information content (AvgIpc) is 2.54. The van der Waals surface area contributed by atoms with Crippen molar-refractivity contribution in [3.63, 3.8) is 0 Å². The number of ether oxygens (including phenoxy) is 1. The molecule has 0 unspecified atom stereocenters. The molecule has 0 saturated carbocycles. The van der Waals surface area contributed by atoms with E-state index in [1.165, 1.54) is 17.6 Å². The van der Waals surface area contributed by atoms with Crippen LogP contribution in [0.4, 0.5) is 0 Å². The highest BCUT2D eigenvalue weighted by Gasteiger charge is 2.21. The molecular formula is C21H25NO4. The first-order valence-corrected chi connectivity index (χ1v) is 8.63. The number of Topliss-reactive ketones (excluding diaryl/α,β-unsaturated/α-hetero) is 1. The van der Waals surface area contributed by atoms with E-state index in [4.69, 9.17) is 4.74 Å². The minimum absolute atomic E-state index is 0.0180. The van der Waals surface area contributed by atoms with Crippen molar-refractivity contribution in [1.82, 2.24) is 4.57 Å². The summed E-state index contributed by atoms with van der Waals surface area (Å²) in [5.41, 5.74) is 1.91. The zero-order chi connectivity index (χ0) is 19.6. The van der Waals surface area contributed by atoms with Gasteiger partial charge in [0, 0.05) is 16.9 Å². The minimum atomic E-state index is -0.722. The molecule has 1 aromatic carbocycles. The standard InChI is InChI=1S/C21H25NO4/c1-7-26-20(25)18-12-17(14(3)23)13(2)22(19(18)24)16-10-8-15(9-11-16)21(4,5)6/h8-12H,7H2,1-6H3. The van der Waals surface area contributed by atoms with Gasteiger partial charge in [0.25, 0.3) is 5.56 Å². The van der Waals surface area contributed by atoms with E-state index in [9.17, 15) is 14.4 Å². The SMILES string of the molecule is CCOC(=O)c1cc(C(C)=O)c(C)n(-c2ccc(C(C)(C)C)cc2)c1=O. The first kappa shape index (κ1) is 19.6. The molecular weight excluding hydrogens is 330 g/mol. The Morgan fingerprint density at radius 2 is 1.65 bits per heavy atom. The van der Waals surface area contributed by atoms with Crippen LogP contribution in [0.1, 0.15) is 66.6 Å². The van der Waals surface area contributed by atoms with Crippen LogP contribution in [0.25, 0.3) is 5.69 Å². The Kier molecular flexibility index (Phi) is 5.50. The molecule has 0 N–H and O–H groups in total. The molecule has 0 spiro atoms. The van der Waals surface area contributed by atoms with Crippen molar-refractivity contribution >= 4 is 11.8 Å². The predicted octanol–water partition coefficient (Wildman–Crippen LogP) is 3.82. The number of nitrogens with zero attached hydrogens (tertiary/aromatic N) is 1. The summed E-state index contributed by atoms with van der Waals surface area (Å²) in [5.74, 6) is -0.937. The third kappa shape index (κ3) is 3.77. The lowest BCUT2D eigenvalue weighted by atomic mass is 9.87. The highest BCUT2D eigenvalue weighted by Crippen LogP contribution is 2.24. The van der Waals surface area contributed by atoms with Gasteiger partial charge in [0.2, 0.25) is 0 Å². The van der Waals surface area contributed by atoms with Crippen molar-refractivity contribution in [1.29, 1.82) is 0 Å². The van der Waals surface area contributed by atoms with Gasteiger partial charge in [0.15, 0.2) is 5.78 Å². The molecule has 138 valence electrons. The lowest BCUT2D eigenvalue weighted by Crippen LogP contribution is -2.29. The van der Waals surface area contributed by atoms with E-state index >= 15 is 0 Å². The van der Waals surface area contributed by atoms with Gasteiger partial charge >= 0.3 is 5.97 Å². The Bertz CT molecular complexity index is 899. The Labute approximate surface area is 153 Å². The molecule has 0 bridgehead atoms. The van der Waals surface area contributed by atoms with Gasteiger partial charge in [-0.15, -0.1) is 0 Å². The molecule has 0 atom stereocenters. The molecule has 1 heterocycles. The van der Waals surface area contributed by atoms with Gasteiger partial charge in [0.05, 0.1) is 6.61 Å². The van der Waals surface area contributed by atoms with Crippen molar-refractivity contribution in [2.45, 2.75) is 47.0 Å². The molecule has 2 rings (SSSR count). The summed E-state index contributed by atoms with van der Waals surface area (Å²) >= 11 is 0. The fourth-order valence-electron chi connectivity index (χ4n) is 2.84. The zero-order valence-electron chi connectivity index (χ0n) is 16.2. The zero-order valence-corrected chi connectivity index (χ0v) is 16.2. The summed E-state index contributed by atoms with van der Waals surface area (Å²) in [4.78, 5) is 37.1. The van der Waals surface area contributed by atoms with Crippen LogP contribution < -0.4 is 5.56 Å². The number of carbonyl (C=O) groups is 2. The number of aromatic nitrogens is 1. The van der Waals surface area contributed by atoms with Crippen molar-refractivity contribution in [3.05, 3.63) is 63.1 Å². The number of ketones is 1. The third-order valence-electron chi connectivity index (χ3n) is 4.31. The molecule has 0 saturated heterocycles. The molecule has 0 radical (unpaired) electrons. The van der Waals surface area contributed by atoms with Gasteiger partial charge in [-0.1, -0.05) is 32.9 Å². The molecule has 0 aliphatic rings. The van der Waals surface area contributed by atoms with Crippen LogP contribution in [0, 0.1) is 6.92 Å². The van der Waals surface area contributed by atoms with Crippen LogP contribution in [0.3, 0.4) is 0 Å². The van der Waals surface area contributed by atoms with Crippen molar-refractivity contribution < 1.29 is 14.3 Å². The fourth-order valence-corrected chi connectivity index (χ4v) is 2.84. The van der Waals surface area contributed by atoms with Gasteiger partial charge < -0.3 is 4.74 Å². The molecule has 1 aromatic heterocycles. The summed E-state index contributed by atoms with van der Waals surface area (Å²) in [7, 11) is 0. The van der Waals surface area contributed by atoms with E-state index in [-0.39, 0.29) is 23.4 Å². The molecule has 26 heavy (non-hydrogen) atoms. The fraction of sp³-hybridized carbons (Fsp3) is 0.381. The summed E-state index contributed by atoms with van der Waals surface area (Å²) in [6.07, 6.45) is 0.